The van der Waals surface area contributed by atoms with Crippen molar-refractivity contribution < 1.29 is 25.9 Å². The van der Waals surface area contributed by atoms with E-state index in [0.717, 1.165) is 60.0 Å². The van der Waals surface area contributed by atoms with Gasteiger partial charge in [0, 0.05) is 38.1 Å². The maximum absolute atomic E-state index is 13.8. The zero-order valence-electron chi connectivity index (χ0n) is 34.5. The second-order valence-electron chi connectivity index (χ2n) is 12.8. The molecule has 0 bridgehead atoms. The third kappa shape index (κ3) is 12.4. The number of ketones is 1. The fraction of sp³-hybridized carbons (Fsp3) is 0.429. The first-order valence-corrected chi connectivity index (χ1v) is 19.3. The van der Waals surface area contributed by atoms with Crippen LogP contribution in [0.2, 0.25) is 0 Å². The number of hydrogen-bond donors (Lipinski definition) is 0. The number of allylic oxidation sites excluding steroid dienone is 12. The van der Waals surface area contributed by atoms with Gasteiger partial charge in [-0.2, -0.15) is 0 Å². The molecule has 2 aromatic carbocycles. The first-order valence-electron chi connectivity index (χ1n) is 19.3. The SMILES string of the molecule is C=C=C(/C=C/CC1=C(CC)CCC=C(c2ccccc2)C1=C)C1=C(C)C(C)C(C(C)C(=O)c2cc(C)c(CC)cc2C)=C1.CC.CC.CCC.[W]. The maximum atomic E-state index is 13.8. The van der Waals surface area contributed by atoms with Gasteiger partial charge in [-0.15, -0.1) is 5.73 Å². The zero-order chi connectivity index (χ0) is 38.0. The van der Waals surface area contributed by atoms with Crippen molar-refractivity contribution in [1.82, 2.24) is 0 Å². The van der Waals surface area contributed by atoms with Crippen molar-refractivity contribution in [2.75, 3.05) is 0 Å². The van der Waals surface area contributed by atoms with Crippen LogP contribution in [0.15, 0.2) is 125 Å². The summed E-state index contributed by atoms with van der Waals surface area (Å²) in [6, 6.07) is 14.9. The summed E-state index contributed by atoms with van der Waals surface area (Å²) in [5, 5.41) is 0. The average Bonchev–Trinajstić information content (AvgIpc) is 3.33. The van der Waals surface area contributed by atoms with Gasteiger partial charge in [-0.1, -0.05) is 166 Å². The van der Waals surface area contributed by atoms with Crippen LogP contribution < -0.4 is 0 Å². The molecule has 2 aromatic rings. The molecule has 0 saturated heterocycles. The molecule has 0 spiro atoms. The Balaban J connectivity index is 0.00000292. The molecule has 0 saturated carbocycles. The summed E-state index contributed by atoms with van der Waals surface area (Å²) >= 11 is 0. The Kier molecular flexibility index (Phi) is 23.3. The van der Waals surface area contributed by atoms with Crippen LogP contribution in [0.5, 0.6) is 0 Å². The zero-order valence-corrected chi connectivity index (χ0v) is 37.4. The molecule has 2 aliphatic carbocycles. The number of Topliss-reactive ketones (excluding diaryl/α,β-unsaturated/α-hetero) is 1. The van der Waals surface area contributed by atoms with Gasteiger partial charge in [0.1, 0.15) is 0 Å². The van der Waals surface area contributed by atoms with Gasteiger partial charge >= 0.3 is 0 Å². The summed E-state index contributed by atoms with van der Waals surface area (Å²) in [6.45, 7) is 35.9. The Hall–Kier alpha value is -3.24. The first kappa shape index (κ1) is 47.8. The molecule has 0 aromatic heterocycles. The number of carbonyl (C=O) groups is 1. The number of hydrogen-bond acceptors (Lipinski definition) is 1. The topological polar surface area (TPSA) is 17.1 Å². The molecule has 0 aliphatic heterocycles. The van der Waals surface area contributed by atoms with Crippen molar-refractivity contribution in [1.29, 1.82) is 0 Å². The molecule has 2 heteroatoms. The van der Waals surface area contributed by atoms with Crippen LogP contribution in [-0.2, 0) is 27.5 Å². The Morgan fingerprint density at radius 3 is 2.12 bits per heavy atom. The maximum Gasteiger partial charge on any atom is 0.169 e. The minimum Gasteiger partial charge on any atom is -0.294 e. The number of aryl methyl sites for hydroxylation is 3. The molecule has 51 heavy (non-hydrogen) atoms. The molecule has 0 heterocycles. The van der Waals surface area contributed by atoms with E-state index >= 15 is 0 Å². The van der Waals surface area contributed by atoms with E-state index in [1.807, 2.05) is 27.7 Å². The molecular formula is C49H68OW. The third-order valence-corrected chi connectivity index (χ3v) is 9.62. The van der Waals surface area contributed by atoms with Crippen LogP contribution in [0.25, 0.3) is 5.57 Å². The van der Waals surface area contributed by atoms with Crippen molar-refractivity contribution in [3.05, 3.63) is 152 Å². The van der Waals surface area contributed by atoms with Gasteiger partial charge in [-0.05, 0) is 109 Å². The second kappa shape index (κ2) is 24.9. The largest absolute Gasteiger partial charge is 0.294 e. The van der Waals surface area contributed by atoms with E-state index in [4.69, 9.17) is 0 Å². The number of carbonyl (C=O) groups excluding carboxylic acids is 1. The van der Waals surface area contributed by atoms with Gasteiger partial charge in [0.05, 0.1) is 0 Å². The molecule has 4 rings (SSSR count). The van der Waals surface area contributed by atoms with Crippen LogP contribution in [0.4, 0.5) is 0 Å². The molecular weight excluding hydrogens is 788 g/mol. The van der Waals surface area contributed by atoms with E-state index in [0.29, 0.717) is 0 Å². The normalized spacial score (nSPS) is 15.8. The van der Waals surface area contributed by atoms with E-state index in [2.05, 4.69) is 148 Å². The smallest absolute Gasteiger partial charge is 0.169 e. The Bertz CT molecular complexity index is 1650. The fourth-order valence-electron chi connectivity index (χ4n) is 6.73. The predicted molar refractivity (Wildman–Crippen MR) is 224 cm³/mol. The summed E-state index contributed by atoms with van der Waals surface area (Å²) < 4.78 is 0. The van der Waals surface area contributed by atoms with Crippen LogP contribution in [0, 0.1) is 25.7 Å². The van der Waals surface area contributed by atoms with E-state index in [1.165, 1.54) is 51.0 Å². The van der Waals surface area contributed by atoms with Gasteiger partial charge in [0.2, 0.25) is 0 Å². The predicted octanol–water partition coefficient (Wildman–Crippen LogP) is 14.8. The third-order valence-electron chi connectivity index (χ3n) is 9.62. The molecule has 2 unspecified atom stereocenters. The van der Waals surface area contributed by atoms with Crippen LogP contribution in [0.3, 0.4) is 0 Å². The van der Waals surface area contributed by atoms with Crippen LogP contribution in [-0.4, -0.2) is 5.78 Å². The quantitative estimate of drug-likeness (QED) is 0.132. The summed E-state index contributed by atoms with van der Waals surface area (Å²) in [5.74, 6) is 0.192. The van der Waals surface area contributed by atoms with Crippen LogP contribution in [0.1, 0.15) is 141 Å². The molecule has 2 aliphatic rings. The summed E-state index contributed by atoms with van der Waals surface area (Å²) in [4.78, 5) is 13.8. The number of rotatable bonds is 10. The first-order chi connectivity index (χ1) is 24.0. The Morgan fingerprint density at radius 2 is 1.57 bits per heavy atom. The van der Waals surface area contributed by atoms with E-state index in [-0.39, 0.29) is 38.7 Å². The van der Waals surface area contributed by atoms with E-state index in [9.17, 15) is 4.79 Å². The minimum atomic E-state index is -0.196. The van der Waals surface area contributed by atoms with Crippen molar-refractivity contribution in [2.24, 2.45) is 11.8 Å². The fourth-order valence-corrected chi connectivity index (χ4v) is 6.73. The second-order valence-corrected chi connectivity index (χ2v) is 12.8. The van der Waals surface area contributed by atoms with Crippen molar-refractivity contribution in [2.45, 2.75) is 129 Å². The molecule has 0 amide bonds. The average molecular weight is 857 g/mol. The molecule has 0 N–H and O–H groups in total. The summed E-state index contributed by atoms with van der Waals surface area (Å²) in [6.07, 6.45) is 15.2. The van der Waals surface area contributed by atoms with Crippen molar-refractivity contribution in [3.63, 3.8) is 0 Å². The Labute approximate surface area is 328 Å². The standard InChI is InChI=1S/C42H48O.C3H8.2C2H6.W/c1-10-33-20-16-23-38(36-18-14-13-15-19-36)31(8)37(33)22-17-21-34(11-2)41-26-40(29(6)30(41)7)32(9)42(43)39-25-27(4)35(12-3)24-28(39)5;1-3-2;2*1-2;/h13-15,17-19,21,23-26,29,32H,2,8,10,12,16,20,22H2,1,3-7,9H3;3H2,1-2H3;2*1-2H3;/b21-17+;;;;. The van der Waals surface area contributed by atoms with Gasteiger partial charge in [-0.3, -0.25) is 4.79 Å². The van der Waals surface area contributed by atoms with E-state index < -0.39 is 0 Å². The Morgan fingerprint density at radius 1 is 0.961 bits per heavy atom. The number of benzene rings is 2. The monoisotopic (exact) mass is 856 g/mol. The van der Waals surface area contributed by atoms with Crippen molar-refractivity contribution in [3.8, 4) is 0 Å². The van der Waals surface area contributed by atoms with Gasteiger partial charge in [0.25, 0.3) is 0 Å². The summed E-state index contributed by atoms with van der Waals surface area (Å²) in [5.41, 5.74) is 18.6. The van der Waals surface area contributed by atoms with Crippen molar-refractivity contribution >= 4 is 11.4 Å². The molecule has 2 atom stereocenters. The minimum absolute atomic E-state index is 0. The van der Waals surface area contributed by atoms with Gasteiger partial charge in [-0.25, -0.2) is 0 Å². The molecule has 276 valence electrons. The summed E-state index contributed by atoms with van der Waals surface area (Å²) in [7, 11) is 0. The van der Waals surface area contributed by atoms with Gasteiger partial charge in [0.15, 0.2) is 5.78 Å². The van der Waals surface area contributed by atoms with Crippen LogP contribution >= 0.6 is 0 Å². The van der Waals surface area contributed by atoms with Gasteiger partial charge < -0.3 is 0 Å². The molecule has 0 radical (unpaired) electrons. The molecule has 1 nitrogen and oxygen atoms in total. The van der Waals surface area contributed by atoms with E-state index in [1.54, 1.807) is 0 Å². The molecule has 0 fully saturated rings.